The second kappa shape index (κ2) is 11.6. The van der Waals surface area contributed by atoms with Crippen LogP contribution in [0, 0.1) is 0 Å². The number of aromatic nitrogens is 2. The summed E-state index contributed by atoms with van der Waals surface area (Å²) >= 11 is 24.7. The molecule has 2 aromatic carbocycles. The number of methoxy groups -OCH3 is 1. The SMILES string of the molecule is CCCOc1ccc(/C=N/Nc2cnn(Cc3c(Cl)ccc(Cl)c3Cl)c(=O)c2Cl)cc1OC. The average Bonchev–Trinajstić information content (AvgIpc) is 2.82. The number of rotatable bonds is 9. The monoisotopic (exact) mass is 528 g/mol. The summed E-state index contributed by atoms with van der Waals surface area (Å²) < 4.78 is 12.1. The first-order chi connectivity index (χ1) is 15.8. The van der Waals surface area contributed by atoms with E-state index in [-0.39, 0.29) is 22.3 Å². The van der Waals surface area contributed by atoms with Gasteiger partial charge in [0.1, 0.15) is 10.7 Å². The van der Waals surface area contributed by atoms with E-state index < -0.39 is 5.56 Å². The first-order valence-corrected chi connectivity index (χ1v) is 11.3. The Bertz CT molecular complexity index is 1230. The molecule has 0 aliphatic rings. The number of nitrogens with one attached hydrogen (secondary N) is 1. The van der Waals surface area contributed by atoms with Gasteiger partial charge in [0.15, 0.2) is 11.5 Å². The summed E-state index contributed by atoms with van der Waals surface area (Å²) in [6.07, 6.45) is 3.83. The number of hydrazone groups is 1. The zero-order chi connectivity index (χ0) is 24.0. The van der Waals surface area contributed by atoms with Crippen molar-refractivity contribution < 1.29 is 9.47 Å². The van der Waals surface area contributed by atoms with Crippen LogP contribution in [-0.4, -0.2) is 29.7 Å². The summed E-state index contributed by atoms with van der Waals surface area (Å²) in [7, 11) is 1.57. The topological polar surface area (TPSA) is 77.7 Å². The Balaban J connectivity index is 1.76. The minimum Gasteiger partial charge on any atom is -0.493 e. The molecule has 0 saturated heterocycles. The summed E-state index contributed by atoms with van der Waals surface area (Å²) in [6.45, 7) is 2.63. The predicted octanol–water partition coefficient (Wildman–Crippen LogP) is 6.15. The molecule has 0 amide bonds. The smallest absolute Gasteiger partial charge is 0.288 e. The van der Waals surface area contributed by atoms with E-state index in [1.807, 2.05) is 13.0 Å². The molecule has 0 unspecified atom stereocenters. The van der Waals surface area contributed by atoms with Crippen molar-refractivity contribution in [1.82, 2.24) is 9.78 Å². The molecule has 0 aliphatic carbocycles. The number of hydrogen-bond donors (Lipinski definition) is 1. The summed E-state index contributed by atoms with van der Waals surface area (Å²) in [4.78, 5) is 12.7. The van der Waals surface area contributed by atoms with Crippen molar-refractivity contribution in [2.75, 3.05) is 19.1 Å². The maximum absolute atomic E-state index is 12.7. The lowest BCUT2D eigenvalue weighted by molar-refractivity contribution is 0.294. The van der Waals surface area contributed by atoms with Gasteiger partial charge in [-0.05, 0) is 42.3 Å². The highest BCUT2D eigenvalue weighted by molar-refractivity contribution is 6.44. The lowest BCUT2D eigenvalue weighted by atomic mass is 10.2. The number of nitrogens with zero attached hydrogens (tertiary/aromatic N) is 3. The Labute approximate surface area is 210 Å². The molecular formula is C22H20Cl4N4O3. The third-order valence-electron chi connectivity index (χ3n) is 4.48. The maximum Gasteiger partial charge on any atom is 0.288 e. The van der Waals surface area contributed by atoms with Gasteiger partial charge in [-0.15, -0.1) is 0 Å². The molecule has 0 spiro atoms. The molecule has 1 N–H and O–H groups in total. The van der Waals surface area contributed by atoms with Crippen molar-refractivity contribution in [3.05, 3.63) is 78.1 Å². The molecule has 0 saturated carbocycles. The van der Waals surface area contributed by atoms with Crippen molar-refractivity contribution in [3.63, 3.8) is 0 Å². The molecule has 11 heteroatoms. The highest BCUT2D eigenvalue weighted by atomic mass is 35.5. The van der Waals surface area contributed by atoms with E-state index >= 15 is 0 Å². The first-order valence-electron chi connectivity index (χ1n) is 9.83. The maximum atomic E-state index is 12.7. The molecule has 3 aromatic rings. The van der Waals surface area contributed by atoms with E-state index in [1.54, 1.807) is 37.6 Å². The second-order valence-corrected chi connectivity index (χ2v) is 8.36. The molecular weight excluding hydrogens is 510 g/mol. The van der Waals surface area contributed by atoms with Crippen LogP contribution in [0.4, 0.5) is 5.69 Å². The van der Waals surface area contributed by atoms with Crippen LogP contribution >= 0.6 is 46.4 Å². The molecule has 1 aromatic heterocycles. The molecule has 33 heavy (non-hydrogen) atoms. The molecule has 0 atom stereocenters. The number of halogens is 4. The van der Waals surface area contributed by atoms with Gasteiger partial charge < -0.3 is 9.47 Å². The van der Waals surface area contributed by atoms with E-state index in [0.717, 1.165) is 16.7 Å². The number of ether oxygens (including phenoxy) is 2. The summed E-state index contributed by atoms with van der Waals surface area (Å²) in [5, 5.41) is 9.11. The predicted molar refractivity (Wildman–Crippen MR) is 134 cm³/mol. The van der Waals surface area contributed by atoms with E-state index in [9.17, 15) is 4.79 Å². The van der Waals surface area contributed by atoms with E-state index in [0.29, 0.717) is 33.7 Å². The van der Waals surface area contributed by atoms with Gasteiger partial charge in [0, 0.05) is 10.6 Å². The first kappa shape index (κ1) is 25.2. The molecule has 1 heterocycles. The van der Waals surface area contributed by atoms with E-state index in [2.05, 4.69) is 15.6 Å². The molecule has 0 radical (unpaired) electrons. The second-order valence-electron chi connectivity index (χ2n) is 6.79. The van der Waals surface area contributed by atoms with Crippen LogP contribution in [0.3, 0.4) is 0 Å². The van der Waals surface area contributed by atoms with Crippen molar-refractivity contribution in [2.24, 2.45) is 5.10 Å². The number of anilines is 1. The van der Waals surface area contributed by atoms with Crippen LogP contribution in [0.2, 0.25) is 20.1 Å². The standard InChI is InChI=1S/C22H20Cl4N4O3/c1-3-8-33-18-7-4-13(9-19(18)32-2)10-27-29-17-11-28-30(22(31)21(17)26)12-14-15(23)5-6-16(24)20(14)25/h4-7,9-11,29H,3,8,12H2,1-2H3/b27-10+. The summed E-state index contributed by atoms with van der Waals surface area (Å²) in [6, 6.07) is 8.59. The minimum absolute atomic E-state index is 0.00652. The van der Waals surface area contributed by atoms with Crippen LogP contribution in [0.1, 0.15) is 24.5 Å². The minimum atomic E-state index is -0.539. The zero-order valence-corrected chi connectivity index (χ0v) is 20.8. The summed E-state index contributed by atoms with van der Waals surface area (Å²) in [5.74, 6) is 1.24. The van der Waals surface area contributed by atoms with Crippen LogP contribution in [0.5, 0.6) is 11.5 Å². The Hall–Kier alpha value is -2.45. The Morgan fingerprint density at radius 2 is 1.85 bits per heavy atom. The average molecular weight is 530 g/mol. The molecule has 0 aliphatic heterocycles. The molecule has 3 rings (SSSR count). The fraction of sp³-hybridized carbons (Fsp3) is 0.227. The molecule has 7 nitrogen and oxygen atoms in total. The molecule has 174 valence electrons. The van der Waals surface area contributed by atoms with Crippen LogP contribution in [0.25, 0.3) is 0 Å². The van der Waals surface area contributed by atoms with Gasteiger partial charge in [0.25, 0.3) is 5.56 Å². The molecule has 0 fully saturated rings. The zero-order valence-electron chi connectivity index (χ0n) is 17.7. The van der Waals surface area contributed by atoms with E-state index in [1.165, 1.54) is 6.20 Å². The normalized spacial score (nSPS) is 11.1. The number of hydrogen-bond acceptors (Lipinski definition) is 6. The van der Waals surface area contributed by atoms with Crippen molar-refractivity contribution >= 4 is 58.3 Å². The van der Waals surface area contributed by atoms with Gasteiger partial charge in [-0.2, -0.15) is 10.2 Å². The fourth-order valence-corrected chi connectivity index (χ4v) is 3.65. The van der Waals surface area contributed by atoms with Crippen LogP contribution < -0.4 is 20.5 Å². The molecule has 0 bridgehead atoms. The van der Waals surface area contributed by atoms with Gasteiger partial charge in [0.2, 0.25) is 0 Å². The van der Waals surface area contributed by atoms with Crippen molar-refractivity contribution in [2.45, 2.75) is 19.9 Å². The van der Waals surface area contributed by atoms with Gasteiger partial charge in [-0.3, -0.25) is 10.2 Å². The Morgan fingerprint density at radius 1 is 1.09 bits per heavy atom. The lowest BCUT2D eigenvalue weighted by Crippen LogP contribution is -2.24. The highest BCUT2D eigenvalue weighted by Gasteiger charge is 2.14. The third kappa shape index (κ3) is 6.12. The highest BCUT2D eigenvalue weighted by Crippen LogP contribution is 2.32. The Kier molecular flexibility index (Phi) is 8.86. The largest absolute Gasteiger partial charge is 0.493 e. The fourth-order valence-electron chi connectivity index (χ4n) is 2.79. The van der Waals surface area contributed by atoms with E-state index in [4.69, 9.17) is 55.9 Å². The van der Waals surface area contributed by atoms with Crippen molar-refractivity contribution in [3.8, 4) is 11.5 Å². The van der Waals surface area contributed by atoms with Crippen molar-refractivity contribution in [1.29, 1.82) is 0 Å². The quantitative estimate of drug-likeness (QED) is 0.204. The van der Waals surface area contributed by atoms with Gasteiger partial charge >= 0.3 is 0 Å². The third-order valence-corrected chi connectivity index (χ3v) is 6.04. The van der Waals surface area contributed by atoms with Gasteiger partial charge in [-0.25, -0.2) is 4.68 Å². The number of benzene rings is 2. The van der Waals surface area contributed by atoms with Gasteiger partial charge in [0.05, 0.1) is 42.7 Å². The van der Waals surface area contributed by atoms with Gasteiger partial charge in [-0.1, -0.05) is 53.3 Å². The lowest BCUT2D eigenvalue weighted by Gasteiger charge is -2.11. The Morgan fingerprint density at radius 3 is 2.58 bits per heavy atom. The van der Waals surface area contributed by atoms with Crippen LogP contribution in [0.15, 0.2) is 46.4 Å². The summed E-state index contributed by atoms with van der Waals surface area (Å²) in [5.41, 5.74) is 3.66. The van der Waals surface area contributed by atoms with Crippen LogP contribution in [-0.2, 0) is 6.54 Å².